The average Bonchev–Trinajstić information content (AvgIpc) is 2.54. The molecule has 15 heavy (non-hydrogen) atoms. The van der Waals surface area contributed by atoms with Crippen molar-refractivity contribution in [3.63, 3.8) is 0 Å². The van der Waals surface area contributed by atoms with Gasteiger partial charge >= 0.3 is 0 Å². The van der Waals surface area contributed by atoms with E-state index in [0.717, 1.165) is 11.3 Å². The van der Waals surface area contributed by atoms with Gasteiger partial charge in [0.15, 0.2) is 6.29 Å². The van der Waals surface area contributed by atoms with Crippen molar-refractivity contribution >= 4 is 39.3 Å². The van der Waals surface area contributed by atoms with Crippen LogP contribution in [0.5, 0.6) is 0 Å². The average molecular weight is 218 g/mol. The molecule has 2 heterocycles. The Morgan fingerprint density at radius 1 is 1.53 bits per heavy atom. The van der Waals surface area contributed by atoms with Crippen molar-refractivity contribution in [1.82, 2.24) is 4.98 Å². The maximum Gasteiger partial charge on any atom is 0.162 e. The van der Waals surface area contributed by atoms with E-state index in [2.05, 4.69) is 4.98 Å². The molecule has 2 aromatic rings. The molecule has 0 aliphatic rings. The van der Waals surface area contributed by atoms with Crippen LogP contribution >= 0.6 is 11.3 Å². The van der Waals surface area contributed by atoms with Crippen LogP contribution in [0.2, 0.25) is 0 Å². The molecule has 6 heteroatoms. The van der Waals surface area contributed by atoms with Crippen LogP contribution in [-0.2, 0) is 0 Å². The molecule has 0 unspecified atom stereocenters. The minimum absolute atomic E-state index is 0.156. The number of nitrogen functional groups attached to an aromatic ring is 2. The van der Waals surface area contributed by atoms with Gasteiger partial charge in [-0.25, -0.2) is 4.98 Å². The van der Waals surface area contributed by atoms with Gasteiger partial charge in [0.25, 0.3) is 0 Å². The van der Waals surface area contributed by atoms with Crippen molar-refractivity contribution < 1.29 is 4.79 Å². The number of hydrogen-bond acceptors (Lipinski definition) is 6. The van der Waals surface area contributed by atoms with Gasteiger partial charge in [0, 0.05) is 5.39 Å². The van der Waals surface area contributed by atoms with E-state index in [4.69, 9.17) is 16.7 Å². The first-order valence-corrected chi connectivity index (χ1v) is 4.82. The highest BCUT2D eigenvalue weighted by molar-refractivity contribution is 7.20. The predicted molar refractivity (Wildman–Crippen MR) is 58.5 cm³/mol. The fourth-order valence-corrected chi connectivity index (χ4v) is 2.15. The van der Waals surface area contributed by atoms with Crippen molar-refractivity contribution in [3.05, 3.63) is 16.5 Å². The Labute approximate surface area is 88.9 Å². The third-order valence-electron chi connectivity index (χ3n) is 2.01. The molecule has 0 aliphatic carbocycles. The zero-order chi connectivity index (χ0) is 11.0. The maximum absolute atomic E-state index is 10.6. The number of nitrogens with zero attached hydrogens (tertiary/aromatic N) is 2. The molecule has 74 valence electrons. The number of anilines is 2. The number of thiophene rings is 1. The molecule has 2 aromatic heterocycles. The first-order valence-electron chi connectivity index (χ1n) is 4.01. The SMILES string of the molecule is N#Cc1cc2c(N)c(C=O)sc2nc1N. The normalized spacial score (nSPS) is 10.1. The minimum Gasteiger partial charge on any atom is -0.397 e. The van der Waals surface area contributed by atoms with Crippen LogP contribution in [0.1, 0.15) is 15.2 Å². The van der Waals surface area contributed by atoms with Crippen LogP contribution in [0.15, 0.2) is 6.07 Å². The number of pyridine rings is 1. The van der Waals surface area contributed by atoms with E-state index >= 15 is 0 Å². The third kappa shape index (κ3) is 1.30. The van der Waals surface area contributed by atoms with Gasteiger partial charge in [-0.2, -0.15) is 5.26 Å². The number of carbonyl (C=O) groups excluding carboxylic acids is 1. The molecule has 0 atom stereocenters. The van der Waals surface area contributed by atoms with E-state index in [1.54, 1.807) is 6.07 Å². The highest BCUT2D eigenvalue weighted by Crippen LogP contribution is 2.32. The fraction of sp³-hybridized carbons (Fsp3) is 0. The first kappa shape index (κ1) is 9.43. The summed E-state index contributed by atoms with van der Waals surface area (Å²) >= 11 is 1.16. The topological polar surface area (TPSA) is 106 Å². The second-order valence-electron chi connectivity index (χ2n) is 2.88. The highest BCUT2D eigenvalue weighted by atomic mass is 32.1. The summed E-state index contributed by atoms with van der Waals surface area (Å²) in [7, 11) is 0. The van der Waals surface area contributed by atoms with Crippen LogP contribution in [0.25, 0.3) is 10.2 Å². The van der Waals surface area contributed by atoms with E-state index in [-0.39, 0.29) is 11.4 Å². The van der Waals surface area contributed by atoms with Crippen molar-refractivity contribution in [2.75, 3.05) is 11.5 Å². The smallest absolute Gasteiger partial charge is 0.162 e. The molecule has 0 aromatic carbocycles. The molecule has 0 fully saturated rings. The van der Waals surface area contributed by atoms with E-state index in [9.17, 15) is 4.79 Å². The maximum atomic E-state index is 10.6. The lowest BCUT2D eigenvalue weighted by molar-refractivity contribution is 0.112. The molecular weight excluding hydrogens is 212 g/mol. The van der Waals surface area contributed by atoms with E-state index in [0.29, 0.717) is 27.1 Å². The fourth-order valence-electron chi connectivity index (χ4n) is 1.25. The Kier molecular flexibility index (Phi) is 2.02. The molecule has 0 saturated carbocycles. The quantitative estimate of drug-likeness (QED) is 0.698. The second kappa shape index (κ2) is 3.22. The molecule has 0 spiro atoms. The molecule has 0 aliphatic heterocycles. The molecule has 0 saturated heterocycles. The Hall–Kier alpha value is -2.13. The molecular formula is C9H6N4OS. The van der Waals surface area contributed by atoms with Gasteiger partial charge in [0.1, 0.15) is 16.7 Å². The van der Waals surface area contributed by atoms with Crippen LogP contribution in [0.4, 0.5) is 11.5 Å². The molecule has 0 bridgehead atoms. The number of aldehydes is 1. The predicted octanol–water partition coefficient (Wildman–Crippen LogP) is 1.14. The summed E-state index contributed by atoms with van der Waals surface area (Å²) < 4.78 is 0. The number of rotatable bonds is 1. The molecule has 0 amide bonds. The number of nitrogens with two attached hydrogens (primary N) is 2. The lowest BCUT2D eigenvalue weighted by atomic mass is 10.2. The van der Waals surface area contributed by atoms with Crippen LogP contribution in [-0.4, -0.2) is 11.3 Å². The Balaban J connectivity index is 2.86. The van der Waals surface area contributed by atoms with Gasteiger partial charge in [-0.15, -0.1) is 11.3 Å². The molecule has 2 rings (SSSR count). The summed E-state index contributed by atoms with van der Waals surface area (Å²) in [6, 6.07) is 3.47. The van der Waals surface area contributed by atoms with Crippen LogP contribution in [0.3, 0.4) is 0 Å². The van der Waals surface area contributed by atoms with Crippen LogP contribution in [0, 0.1) is 11.3 Å². The summed E-state index contributed by atoms with van der Waals surface area (Å²) in [5.74, 6) is 0.156. The van der Waals surface area contributed by atoms with Gasteiger partial charge in [0.2, 0.25) is 0 Å². The highest BCUT2D eigenvalue weighted by Gasteiger charge is 2.12. The van der Waals surface area contributed by atoms with E-state index in [1.165, 1.54) is 0 Å². The Morgan fingerprint density at radius 2 is 2.27 bits per heavy atom. The van der Waals surface area contributed by atoms with Gasteiger partial charge in [0.05, 0.1) is 16.1 Å². The standard InChI is InChI=1S/C9H6N4OS/c10-2-4-1-5-7(11)6(3-14)15-9(5)13-8(4)12/h1,3H,11H2,(H2,12,13). The minimum atomic E-state index is 0.156. The van der Waals surface area contributed by atoms with Crippen molar-refractivity contribution in [2.24, 2.45) is 0 Å². The second-order valence-corrected chi connectivity index (χ2v) is 3.91. The number of aromatic nitrogens is 1. The van der Waals surface area contributed by atoms with Crippen LogP contribution < -0.4 is 11.5 Å². The largest absolute Gasteiger partial charge is 0.397 e. The third-order valence-corrected chi connectivity index (χ3v) is 3.05. The van der Waals surface area contributed by atoms with E-state index < -0.39 is 0 Å². The van der Waals surface area contributed by atoms with Gasteiger partial charge in [-0.05, 0) is 6.07 Å². The van der Waals surface area contributed by atoms with Gasteiger partial charge in [-0.1, -0.05) is 0 Å². The molecule has 4 N–H and O–H groups in total. The zero-order valence-corrected chi connectivity index (χ0v) is 8.34. The summed E-state index contributed by atoms with van der Waals surface area (Å²) in [5.41, 5.74) is 11.9. The summed E-state index contributed by atoms with van der Waals surface area (Å²) in [6.45, 7) is 0. The summed E-state index contributed by atoms with van der Waals surface area (Å²) in [4.78, 5) is 15.6. The zero-order valence-electron chi connectivity index (χ0n) is 7.52. The number of carbonyl (C=O) groups is 1. The van der Waals surface area contributed by atoms with Crippen molar-refractivity contribution in [3.8, 4) is 6.07 Å². The van der Waals surface area contributed by atoms with Crippen molar-refractivity contribution in [1.29, 1.82) is 5.26 Å². The first-order chi connectivity index (χ1) is 7.17. The lowest BCUT2D eigenvalue weighted by Gasteiger charge is -1.96. The summed E-state index contributed by atoms with van der Waals surface area (Å²) in [5, 5.41) is 9.36. The Bertz CT molecular complexity index is 596. The monoisotopic (exact) mass is 218 g/mol. The van der Waals surface area contributed by atoms with E-state index in [1.807, 2.05) is 6.07 Å². The van der Waals surface area contributed by atoms with Gasteiger partial charge < -0.3 is 11.5 Å². The van der Waals surface area contributed by atoms with Crippen molar-refractivity contribution in [2.45, 2.75) is 0 Å². The van der Waals surface area contributed by atoms with Gasteiger partial charge in [-0.3, -0.25) is 4.79 Å². The number of nitriles is 1. The summed E-state index contributed by atoms with van der Waals surface area (Å²) in [6.07, 6.45) is 0.671. The molecule has 0 radical (unpaired) electrons. The number of fused-ring (bicyclic) bond motifs is 1. The molecule has 5 nitrogen and oxygen atoms in total. The Morgan fingerprint density at radius 3 is 2.87 bits per heavy atom. The number of hydrogen-bond donors (Lipinski definition) is 2. The lowest BCUT2D eigenvalue weighted by Crippen LogP contribution is -1.94.